The molecule has 9 heteroatoms. The predicted octanol–water partition coefficient (Wildman–Crippen LogP) is 2.59. The summed E-state index contributed by atoms with van der Waals surface area (Å²) in [5.74, 6) is 0.129. The highest BCUT2D eigenvalue weighted by Gasteiger charge is 2.12. The molecule has 1 saturated heterocycles. The van der Waals surface area contributed by atoms with Crippen molar-refractivity contribution in [2.45, 2.75) is 0 Å². The zero-order valence-electron chi connectivity index (χ0n) is 14.0. The monoisotopic (exact) mass is 395 g/mol. The number of amides is 1. The van der Waals surface area contributed by atoms with Crippen LogP contribution in [0.4, 0.5) is 11.6 Å². The van der Waals surface area contributed by atoms with E-state index in [1.807, 2.05) is 0 Å². The third-order valence-corrected chi connectivity index (χ3v) is 4.47. The van der Waals surface area contributed by atoms with Crippen LogP contribution in [0.2, 0.25) is 10.0 Å². The van der Waals surface area contributed by atoms with Gasteiger partial charge in [-0.25, -0.2) is 9.97 Å². The SMILES string of the molecule is O=C(NCCN1CCOCC1)c1cnc(Nc2cc(Cl)ccc2Cl)nc1. The molecule has 0 aliphatic carbocycles. The maximum atomic E-state index is 12.2. The lowest BCUT2D eigenvalue weighted by Gasteiger charge is -2.26. The van der Waals surface area contributed by atoms with E-state index in [1.165, 1.54) is 12.4 Å². The molecular formula is C17H19Cl2N5O2. The largest absolute Gasteiger partial charge is 0.379 e. The lowest BCUT2D eigenvalue weighted by Crippen LogP contribution is -2.41. The number of nitrogens with zero attached hydrogens (tertiary/aromatic N) is 3. The Morgan fingerprint density at radius 3 is 2.65 bits per heavy atom. The van der Waals surface area contributed by atoms with Gasteiger partial charge in [0.15, 0.2) is 0 Å². The molecule has 138 valence electrons. The molecule has 3 rings (SSSR count). The van der Waals surface area contributed by atoms with E-state index in [1.54, 1.807) is 18.2 Å². The van der Waals surface area contributed by atoms with Gasteiger partial charge in [-0.2, -0.15) is 0 Å². The van der Waals surface area contributed by atoms with Crippen molar-refractivity contribution in [1.29, 1.82) is 0 Å². The van der Waals surface area contributed by atoms with Crippen molar-refractivity contribution in [3.05, 3.63) is 46.2 Å². The molecule has 7 nitrogen and oxygen atoms in total. The van der Waals surface area contributed by atoms with E-state index >= 15 is 0 Å². The highest BCUT2D eigenvalue weighted by molar-refractivity contribution is 6.35. The second kappa shape index (κ2) is 9.14. The van der Waals surface area contributed by atoms with E-state index in [9.17, 15) is 4.79 Å². The molecule has 2 N–H and O–H groups in total. The number of nitrogens with one attached hydrogen (secondary N) is 2. The Bertz CT molecular complexity index is 751. The lowest BCUT2D eigenvalue weighted by atomic mass is 10.3. The zero-order valence-corrected chi connectivity index (χ0v) is 15.6. The first-order valence-electron chi connectivity index (χ1n) is 8.24. The first-order valence-corrected chi connectivity index (χ1v) is 9.00. The molecule has 26 heavy (non-hydrogen) atoms. The van der Waals surface area contributed by atoms with Crippen LogP contribution in [-0.4, -0.2) is 60.2 Å². The van der Waals surface area contributed by atoms with Crippen LogP contribution < -0.4 is 10.6 Å². The van der Waals surface area contributed by atoms with Gasteiger partial charge < -0.3 is 15.4 Å². The summed E-state index contributed by atoms with van der Waals surface area (Å²) < 4.78 is 5.30. The Kier molecular flexibility index (Phi) is 6.62. The predicted molar refractivity (Wildman–Crippen MR) is 101 cm³/mol. The van der Waals surface area contributed by atoms with E-state index in [4.69, 9.17) is 27.9 Å². The number of rotatable bonds is 6. The van der Waals surface area contributed by atoms with Gasteiger partial charge in [-0.15, -0.1) is 0 Å². The van der Waals surface area contributed by atoms with Crippen molar-refractivity contribution < 1.29 is 9.53 Å². The van der Waals surface area contributed by atoms with E-state index < -0.39 is 0 Å². The number of ether oxygens (including phenoxy) is 1. The highest BCUT2D eigenvalue weighted by Crippen LogP contribution is 2.27. The maximum absolute atomic E-state index is 12.2. The van der Waals surface area contributed by atoms with E-state index in [0.29, 0.717) is 33.8 Å². The first kappa shape index (κ1) is 18.8. The van der Waals surface area contributed by atoms with Gasteiger partial charge in [-0.3, -0.25) is 9.69 Å². The zero-order chi connectivity index (χ0) is 18.4. The van der Waals surface area contributed by atoms with Crippen LogP contribution in [-0.2, 0) is 4.74 Å². The fourth-order valence-electron chi connectivity index (χ4n) is 2.48. The summed E-state index contributed by atoms with van der Waals surface area (Å²) in [5.41, 5.74) is 0.997. The number of carbonyl (C=O) groups excluding carboxylic acids is 1. The average molecular weight is 396 g/mol. The van der Waals surface area contributed by atoms with Crippen molar-refractivity contribution in [2.24, 2.45) is 0 Å². The summed E-state index contributed by atoms with van der Waals surface area (Å²) in [6.45, 7) is 4.64. The summed E-state index contributed by atoms with van der Waals surface area (Å²) in [6, 6.07) is 5.06. The standard InChI is InChI=1S/C17H19Cl2N5O2/c18-13-1-2-14(19)15(9-13)23-17-21-10-12(11-22-17)16(25)20-3-4-24-5-7-26-8-6-24/h1-2,9-11H,3-8H2,(H,20,25)(H,21,22,23). The number of benzene rings is 1. The molecule has 1 amide bonds. The van der Waals surface area contributed by atoms with Crippen LogP contribution in [0.15, 0.2) is 30.6 Å². The highest BCUT2D eigenvalue weighted by atomic mass is 35.5. The Hall–Kier alpha value is -1.93. The third kappa shape index (κ3) is 5.28. The smallest absolute Gasteiger partial charge is 0.254 e. The molecule has 0 unspecified atom stereocenters. The number of anilines is 2. The molecule has 1 aromatic heterocycles. The Balaban J connectivity index is 1.51. The average Bonchev–Trinajstić information content (AvgIpc) is 2.66. The van der Waals surface area contributed by atoms with Crippen molar-refractivity contribution in [1.82, 2.24) is 20.2 Å². The summed E-state index contributed by atoms with van der Waals surface area (Å²) in [6.07, 6.45) is 2.94. The van der Waals surface area contributed by atoms with Crippen molar-refractivity contribution in [2.75, 3.05) is 44.7 Å². The number of morpholine rings is 1. The van der Waals surface area contributed by atoms with Gasteiger partial charge >= 0.3 is 0 Å². The van der Waals surface area contributed by atoms with Gasteiger partial charge in [0.1, 0.15) is 0 Å². The van der Waals surface area contributed by atoms with Crippen molar-refractivity contribution in [3.8, 4) is 0 Å². The quantitative estimate of drug-likeness (QED) is 0.782. The van der Waals surface area contributed by atoms with Gasteiger partial charge in [0.05, 0.1) is 29.5 Å². The van der Waals surface area contributed by atoms with Crippen LogP contribution in [0.5, 0.6) is 0 Å². The van der Waals surface area contributed by atoms with Gasteiger partial charge in [0.25, 0.3) is 5.91 Å². The fraction of sp³-hybridized carbons (Fsp3) is 0.353. The molecule has 0 radical (unpaired) electrons. The van der Waals surface area contributed by atoms with Crippen LogP contribution in [0.1, 0.15) is 10.4 Å². The van der Waals surface area contributed by atoms with Crippen LogP contribution in [0, 0.1) is 0 Å². The van der Waals surface area contributed by atoms with Crippen LogP contribution >= 0.6 is 23.2 Å². The van der Waals surface area contributed by atoms with E-state index in [2.05, 4.69) is 25.5 Å². The molecular weight excluding hydrogens is 377 g/mol. The Labute approximate surface area is 161 Å². The number of halogens is 2. The van der Waals surface area contributed by atoms with Crippen molar-refractivity contribution in [3.63, 3.8) is 0 Å². The number of hydrogen-bond donors (Lipinski definition) is 2. The molecule has 0 bridgehead atoms. The number of hydrogen-bond acceptors (Lipinski definition) is 6. The minimum atomic E-state index is -0.203. The minimum Gasteiger partial charge on any atom is -0.379 e. The molecule has 1 aliphatic heterocycles. The van der Waals surface area contributed by atoms with Gasteiger partial charge in [-0.1, -0.05) is 23.2 Å². The number of carbonyl (C=O) groups is 1. The Morgan fingerprint density at radius 1 is 1.19 bits per heavy atom. The summed E-state index contributed by atoms with van der Waals surface area (Å²) in [4.78, 5) is 22.7. The van der Waals surface area contributed by atoms with Gasteiger partial charge in [0.2, 0.25) is 5.95 Å². The Morgan fingerprint density at radius 2 is 1.92 bits per heavy atom. The first-order chi connectivity index (χ1) is 12.6. The summed E-state index contributed by atoms with van der Waals surface area (Å²) in [5, 5.41) is 6.90. The summed E-state index contributed by atoms with van der Waals surface area (Å²) in [7, 11) is 0. The molecule has 0 spiro atoms. The molecule has 1 fully saturated rings. The maximum Gasteiger partial charge on any atom is 0.254 e. The normalized spacial score (nSPS) is 14.8. The van der Waals surface area contributed by atoms with Gasteiger partial charge in [0, 0.05) is 43.6 Å². The van der Waals surface area contributed by atoms with Crippen LogP contribution in [0.3, 0.4) is 0 Å². The second-order valence-corrected chi connectivity index (χ2v) is 6.60. The molecule has 2 aromatic rings. The number of aromatic nitrogens is 2. The fourth-order valence-corrected chi connectivity index (χ4v) is 2.81. The van der Waals surface area contributed by atoms with Crippen LogP contribution in [0.25, 0.3) is 0 Å². The topological polar surface area (TPSA) is 79.4 Å². The second-order valence-electron chi connectivity index (χ2n) is 5.75. The minimum absolute atomic E-state index is 0.203. The molecule has 1 aromatic carbocycles. The van der Waals surface area contributed by atoms with Crippen molar-refractivity contribution >= 4 is 40.7 Å². The summed E-state index contributed by atoms with van der Waals surface area (Å²) >= 11 is 12.0. The molecule has 2 heterocycles. The van der Waals surface area contributed by atoms with E-state index in [0.717, 1.165) is 32.8 Å². The molecule has 0 saturated carbocycles. The molecule has 1 aliphatic rings. The third-order valence-electron chi connectivity index (χ3n) is 3.91. The molecule has 0 atom stereocenters. The van der Waals surface area contributed by atoms with E-state index in [-0.39, 0.29) is 5.91 Å². The van der Waals surface area contributed by atoms with Gasteiger partial charge in [-0.05, 0) is 18.2 Å². The lowest BCUT2D eigenvalue weighted by molar-refractivity contribution is 0.0383.